The highest BCUT2D eigenvalue weighted by Gasteiger charge is 2.65. The van der Waals surface area contributed by atoms with Crippen LogP contribution in [0, 0.1) is 23.7 Å². The molecule has 0 aromatic carbocycles. The fourth-order valence-corrected chi connectivity index (χ4v) is 4.69. The lowest BCUT2D eigenvalue weighted by Gasteiger charge is -2.11. The molecule has 4 unspecified atom stereocenters. The number of nitrogens with zero attached hydrogens (tertiary/aromatic N) is 1. The van der Waals surface area contributed by atoms with Crippen LogP contribution >= 0.6 is 0 Å². The van der Waals surface area contributed by atoms with Gasteiger partial charge in [-0.05, 0) is 55.1 Å². The molecule has 3 fully saturated rings. The highest BCUT2D eigenvalue weighted by Crippen LogP contribution is 2.66. The summed E-state index contributed by atoms with van der Waals surface area (Å²) in [5.74, 6) is 4.89. The van der Waals surface area contributed by atoms with E-state index in [0.717, 1.165) is 40.5 Å². The first kappa shape index (κ1) is 9.42. The standard InChI is InChI=1S/C15H16N2O/c1-2-9-7-8(1)12-13(9)14(12)17-15-10-4-6-18-11(10)3-5-16-15/h3-6,8-9,12-14H,1-2,7H2,(H,16,17). The van der Waals surface area contributed by atoms with Crippen LogP contribution in [0.1, 0.15) is 19.3 Å². The molecule has 3 heteroatoms. The number of aromatic nitrogens is 1. The van der Waals surface area contributed by atoms with E-state index < -0.39 is 0 Å². The molecule has 0 saturated heterocycles. The lowest BCUT2D eigenvalue weighted by Crippen LogP contribution is -2.13. The third-order valence-electron chi connectivity index (χ3n) is 5.42. The molecule has 1 N–H and O–H groups in total. The maximum Gasteiger partial charge on any atom is 0.139 e. The molecule has 2 aromatic rings. The second kappa shape index (κ2) is 3.08. The number of hydrogen-bond acceptors (Lipinski definition) is 3. The average molecular weight is 240 g/mol. The van der Waals surface area contributed by atoms with Gasteiger partial charge in [-0.3, -0.25) is 0 Å². The Bertz CT molecular complexity index is 604. The minimum Gasteiger partial charge on any atom is -0.464 e. The van der Waals surface area contributed by atoms with Crippen LogP contribution in [0.15, 0.2) is 29.0 Å². The van der Waals surface area contributed by atoms with E-state index in [4.69, 9.17) is 4.42 Å². The summed E-state index contributed by atoms with van der Waals surface area (Å²) in [5.41, 5.74) is 0.932. The first-order chi connectivity index (χ1) is 8.92. The first-order valence-electron chi connectivity index (χ1n) is 7.00. The van der Waals surface area contributed by atoms with E-state index in [1.165, 1.54) is 19.3 Å². The zero-order chi connectivity index (χ0) is 11.7. The van der Waals surface area contributed by atoms with E-state index in [9.17, 15) is 0 Å². The van der Waals surface area contributed by atoms with Gasteiger partial charge in [-0.25, -0.2) is 4.98 Å². The van der Waals surface area contributed by atoms with Gasteiger partial charge in [0.25, 0.3) is 0 Å². The smallest absolute Gasteiger partial charge is 0.139 e. The van der Waals surface area contributed by atoms with Crippen LogP contribution in [0.4, 0.5) is 5.82 Å². The molecular formula is C15H16N2O. The van der Waals surface area contributed by atoms with Crippen molar-refractivity contribution >= 4 is 16.8 Å². The molecule has 3 aliphatic carbocycles. The van der Waals surface area contributed by atoms with Crippen LogP contribution < -0.4 is 5.32 Å². The maximum atomic E-state index is 5.43. The van der Waals surface area contributed by atoms with Crippen molar-refractivity contribution in [3.63, 3.8) is 0 Å². The van der Waals surface area contributed by atoms with E-state index in [1.54, 1.807) is 6.26 Å². The number of anilines is 1. The summed E-state index contributed by atoms with van der Waals surface area (Å²) in [5, 5.41) is 4.80. The lowest BCUT2D eigenvalue weighted by atomic mass is 10.0. The molecule has 2 heterocycles. The zero-order valence-corrected chi connectivity index (χ0v) is 10.2. The minimum atomic E-state index is 0.684. The van der Waals surface area contributed by atoms with Crippen LogP contribution in [0.2, 0.25) is 0 Å². The Labute approximate surface area is 106 Å². The largest absolute Gasteiger partial charge is 0.464 e. The molecule has 3 saturated carbocycles. The van der Waals surface area contributed by atoms with Crippen molar-refractivity contribution in [2.45, 2.75) is 25.3 Å². The van der Waals surface area contributed by atoms with Crippen LogP contribution in [0.25, 0.3) is 11.0 Å². The first-order valence-corrected chi connectivity index (χ1v) is 7.00. The summed E-state index contributed by atoms with van der Waals surface area (Å²) in [6.45, 7) is 0. The van der Waals surface area contributed by atoms with Gasteiger partial charge in [-0.1, -0.05) is 0 Å². The van der Waals surface area contributed by atoms with Crippen molar-refractivity contribution < 1.29 is 4.42 Å². The van der Waals surface area contributed by atoms with Crippen LogP contribution in [0.5, 0.6) is 0 Å². The molecule has 0 amide bonds. The molecule has 0 aliphatic heterocycles. The predicted molar refractivity (Wildman–Crippen MR) is 69.2 cm³/mol. The van der Waals surface area contributed by atoms with Crippen LogP contribution in [-0.2, 0) is 0 Å². The van der Waals surface area contributed by atoms with Crippen molar-refractivity contribution in [2.24, 2.45) is 23.7 Å². The Hall–Kier alpha value is -1.51. The third-order valence-corrected chi connectivity index (χ3v) is 5.42. The molecule has 3 aliphatic rings. The molecule has 3 nitrogen and oxygen atoms in total. The van der Waals surface area contributed by atoms with Gasteiger partial charge >= 0.3 is 0 Å². The lowest BCUT2D eigenvalue weighted by molar-refractivity contribution is 0.456. The Kier molecular flexibility index (Phi) is 1.61. The number of nitrogens with one attached hydrogen (secondary N) is 1. The molecule has 2 aromatic heterocycles. The molecule has 5 rings (SSSR count). The third kappa shape index (κ3) is 1.08. The summed E-state index contributed by atoms with van der Waals surface area (Å²) in [4.78, 5) is 4.49. The Morgan fingerprint density at radius 2 is 2.00 bits per heavy atom. The molecular weight excluding hydrogens is 224 g/mol. The summed E-state index contributed by atoms with van der Waals surface area (Å²) in [7, 11) is 0. The van der Waals surface area contributed by atoms with Gasteiger partial charge in [0, 0.05) is 12.2 Å². The van der Waals surface area contributed by atoms with Crippen molar-refractivity contribution in [1.82, 2.24) is 4.98 Å². The van der Waals surface area contributed by atoms with Crippen molar-refractivity contribution in [1.29, 1.82) is 0 Å². The van der Waals surface area contributed by atoms with E-state index >= 15 is 0 Å². The number of furan rings is 1. The van der Waals surface area contributed by atoms with E-state index in [2.05, 4.69) is 10.3 Å². The van der Waals surface area contributed by atoms with Gasteiger partial charge in [-0.15, -0.1) is 0 Å². The average Bonchev–Trinajstić information content (AvgIpc) is 2.84. The molecule has 0 spiro atoms. The van der Waals surface area contributed by atoms with E-state index in [-0.39, 0.29) is 0 Å². The number of hydrogen-bond donors (Lipinski definition) is 1. The van der Waals surface area contributed by atoms with Crippen LogP contribution in [0.3, 0.4) is 0 Å². The van der Waals surface area contributed by atoms with Gasteiger partial charge in [0.1, 0.15) is 11.4 Å². The van der Waals surface area contributed by atoms with E-state index in [0.29, 0.717) is 6.04 Å². The van der Waals surface area contributed by atoms with Gasteiger partial charge in [0.2, 0.25) is 0 Å². The molecule has 2 bridgehead atoms. The van der Waals surface area contributed by atoms with Crippen molar-refractivity contribution in [3.8, 4) is 0 Å². The predicted octanol–water partition coefficient (Wildman–Crippen LogP) is 3.28. The summed E-state index contributed by atoms with van der Waals surface area (Å²) < 4.78 is 5.43. The summed E-state index contributed by atoms with van der Waals surface area (Å²) in [6, 6.07) is 4.62. The van der Waals surface area contributed by atoms with Gasteiger partial charge in [-0.2, -0.15) is 0 Å². The highest BCUT2D eigenvalue weighted by atomic mass is 16.3. The molecule has 92 valence electrons. The monoisotopic (exact) mass is 240 g/mol. The quantitative estimate of drug-likeness (QED) is 0.875. The van der Waals surface area contributed by atoms with E-state index in [1.807, 2.05) is 18.3 Å². The van der Waals surface area contributed by atoms with Crippen molar-refractivity contribution in [3.05, 3.63) is 24.6 Å². The zero-order valence-electron chi connectivity index (χ0n) is 10.2. The fraction of sp³-hybridized carbons (Fsp3) is 0.533. The number of pyridine rings is 1. The minimum absolute atomic E-state index is 0.684. The van der Waals surface area contributed by atoms with Crippen LogP contribution in [-0.4, -0.2) is 11.0 Å². The summed E-state index contributed by atoms with van der Waals surface area (Å²) in [6.07, 6.45) is 8.01. The SMILES string of the molecule is c1cc2occc2c(NC2C3C4CCC(C4)C23)n1. The molecule has 18 heavy (non-hydrogen) atoms. The Morgan fingerprint density at radius 3 is 2.83 bits per heavy atom. The molecule has 0 radical (unpaired) electrons. The second-order valence-corrected chi connectivity index (χ2v) is 6.15. The Balaban J connectivity index is 1.46. The molecule has 4 atom stereocenters. The fourth-order valence-electron chi connectivity index (χ4n) is 4.69. The highest BCUT2D eigenvalue weighted by molar-refractivity contribution is 5.88. The topological polar surface area (TPSA) is 38.1 Å². The van der Waals surface area contributed by atoms with Crippen molar-refractivity contribution in [2.75, 3.05) is 5.32 Å². The summed E-state index contributed by atoms with van der Waals surface area (Å²) >= 11 is 0. The number of fused-ring (bicyclic) bond motifs is 6. The van der Waals surface area contributed by atoms with Gasteiger partial charge in [0.15, 0.2) is 0 Å². The second-order valence-electron chi connectivity index (χ2n) is 6.15. The Morgan fingerprint density at radius 1 is 1.17 bits per heavy atom. The van der Waals surface area contributed by atoms with Gasteiger partial charge in [0.05, 0.1) is 11.6 Å². The number of rotatable bonds is 2. The van der Waals surface area contributed by atoms with Gasteiger partial charge < -0.3 is 9.73 Å². The normalized spacial score (nSPS) is 40.1. The maximum absolute atomic E-state index is 5.43.